The number of carbonyl (C=O) groups excluding carboxylic acids is 1. The van der Waals surface area contributed by atoms with Gasteiger partial charge >= 0.3 is 0 Å². The molecule has 2 fully saturated rings. The van der Waals surface area contributed by atoms with Gasteiger partial charge in [-0.1, -0.05) is 6.92 Å². The van der Waals surface area contributed by atoms with Crippen LogP contribution in [0.4, 0.5) is 0 Å². The number of likely N-dealkylation sites (tertiary alicyclic amines) is 1. The third kappa shape index (κ3) is 3.68. The van der Waals surface area contributed by atoms with E-state index in [-0.39, 0.29) is 11.9 Å². The second-order valence-corrected chi connectivity index (χ2v) is 5.80. The van der Waals surface area contributed by atoms with Crippen molar-refractivity contribution in [2.45, 2.75) is 32.2 Å². The first-order valence-electron chi connectivity index (χ1n) is 6.85. The lowest BCUT2D eigenvalue weighted by atomic mass is 9.94. The van der Waals surface area contributed by atoms with E-state index in [1.54, 1.807) is 0 Å². The minimum Gasteiger partial charge on any atom is -0.354 e. The van der Waals surface area contributed by atoms with Crippen molar-refractivity contribution in [3.8, 4) is 0 Å². The van der Waals surface area contributed by atoms with Gasteiger partial charge in [-0.15, -0.1) is 0 Å². The molecule has 0 bridgehead atoms. The number of rotatable bonds is 3. The van der Waals surface area contributed by atoms with Crippen LogP contribution in [0.3, 0.4) is 0 Å². The van der Waals surface area contributed by atoms with Crippen LogP contribution < -0.4 is 10.6 Å². The molecular formula is C13H25N3O. The van der Waals surface area contributed by atoms with Gasteiger partial charge in [0.15, 0.2) is 0 Å². The largest absolute Gasteiger partial charge is 0.354 e. The van der Waals surface area contributed by atoms with E-state index >= 15 is 0 Å². The van der Waals surface area contributed by atoms with E-state index < -0.39 is 0 Å². The Labute approximate surface area is 104 Å². The molecule has 0 saturated carbocycles. The molecule has 98 valence electrons. The fraction of sp³-hybridized carbons (Fsp3) is 0.923. The van der Waals surface area contributed by atoms with Crippen LogP contribution in [0.2, 0.25) is 0 Å². The van der Waals surface area contributed by atoms with Crippen LogP contribution in [0, 0.1) is 11.8 Å². The molecule has 0 aromatic rings. The van der Waals surface area contributed by atoms with Crippen LogP contribution in [0.5, 0.6) is 0 Å². The number of nitrogens with zero attached hydrogens (tertiary/aromatic N) is 1. The lowest BCUT2D eigenvalue weighted by Crippen LogP contribution is -2.49. The normalized spacial score (nSPS) is 34.8. The van der Waals surface area contributed by atoms with Crippen LogP contribution in [0.25, 0.3) is 0 Å². The molecule has 17 heavy (non-hydrogen) atoms. The summed E-state index contributed by atoms with van der Waals surface area (Å²) < 4.78 is 0. The smallest absolute Gasteiger partial charge is 0.237 e. The van der Waals surface area contributed by atoms with Crippen molar-refractivity contribution < 1.29 is 4.79 Å². The predicted octanol–water partition coefficient (Wildman–Crippen LogP) is 0.442. The number of piperidine rings is 1. The molecule has 3 atom stereocenters. The van der Waals surface area contributed by atoms with Crippen LogP contribution in [-0.4, -0.2) is 50.1 Å². The summed E-state index contributed by atoms with van der Waals surface area (Å²) in [5.41, 5.74) is 0. The minimum absolute atomic E-state index is 0.0397. The molecule has 2 N–H and O–H groups in total. The maximum absolute atomic E-state index is 12.0. The van der Waals surface area contributed by atoms with E-state index in [9.17, 15) is 4.79 Å². The highest BCUT2D eigenvalue weighted by Crippen LogP contribution is 2.16. The van der Waals surface area contributed by atoms with Crippen molar-refractivity contribution in [1.82, 2.24) is 15.5 Å². The standard InChI is InChI=1S/C13H25N3O/c1-10-3-5-14-12(7-10)13(17)15-8-11-4-6-16(2)9-11/h10-12,14H,3-9H2,1-2H3,(H,15,17). The summed E-state index contributed by atoms with van der Waals surface area (Å²) in [5.74, 6) is 1.51. The maximum Gasteiger partial charge on any atom is 0.237 e. The van der Waals surface area contributed by atoms with Gasteiger partial charge in [-0.25, -0.2) is 0 Å². The highest BCUT2D eigenvalue weighted by molar-refractivity contribution is 5.81. The first kappa shape index (κ1) is 12.8. The molecule has 4 nitrogen and oxygen atoms in total. The van der Waals surface area contributed by atoms with E-state index in [0.29, 0.717) is 11.8 Å². The van der Waals surface area contributed by atoms with Gasteiger partial charge in [-0.05, 0) is 51.2 Å². The van der Waals surface area contributed by atoms with Crippen molar-refractivity contribution in [1.29, 1.82) is 0 Å². The van der Waals surface area contributed by atoms with Gasteiger partial charge in [0.1, 0.15) is 0 Å². The Hall–Kier alpha value is -0.610. The summed E-state index contributed by atoms with van der Waals surface area (Å²) in [7, 11) is 2.15. The number of carbonyl (C=O) groups is 1. The minimum atomic E-state index is 0.0397. The summed E-state index contributed by atoms with van der Waals surface area (Å²) >= 11 is 0. The topological polar surface area (TPSA) is 44.4 Å². The molecule has 2 saturated heterocycles. The van der Waals surface area contributed by atoms with E-state index in [2.05, 4.69) is 29.5 Å². The average Bonchev–Trinajstić information content (AvgIpc) is 2.72. The zero-order chi connectivity index (χ0) is 12.3. The van der Waals surface area contributed by atoms with Crippen LogP contribution >= 0.6 is 0 Å². The molecule has 0 radical (unpaired) electrons. The number of nitrogens with one attached hydrogen (secondary N) is 2. The summed E-state index contributed by atoms with van der Waals surface area (Å²) in [6.45, 7) is 6.34. The molecule has 2 aliphatic heterocycles. The van der Waals surface area contributed by atoms with Gasteiger partial charge < -0.3 is 15.5 Å². The molecule has 3 unspecified atom stereocenters. The van der Waals surface area contributed by atoms with Crippen molar-refractivity contribution in [3.63, 3.8) is 0 Å². The Morgan fingerprint density at radius 2 is 2.29 bits per heavy atom. The average molecular weight is 239 g/mol. The lowest BCUT2D eigenvalue weighted by Gasteiger charge is -2.27. The lowest BCUT2D eigenvalue weighted by molar-refractivity contribution is -0.124. The van der Waals surface area contributed by atoms with Crippen molar-refractivity contribution in [2.24, 2.45) is 11.8 Å². The first-order chi connectivity index (χ1) is 8.15. The van der Waals surface area contributed by atoms with Gasteiger partial charge in [0.2, 0.25) is 5.91 Å². The third-order valence-corrected chi connectivity index (χ3v) is 4.04. The molecule has 2 aliphatic rings. The molecule has 2 rings (SSSR count). The van der Waals surface area contributed by atoms with Gasteiger partial charge in [-0.3, -0.25) is 4.79 Å². The quantitative estimate of drug-likeness (QED) is 0.751. The molecule has 2 heterocycles. The zero-order valence-electron chi connectivity index (χ0n) is 11.0. The SMILES string of the molecule is CC1CCNC(C(=O)NCC2CCN(C)C2)C1. The first-order valence-corrected chi connectivity index (χ1v) is 6.85. The second kappa shape index (κ2) is 5.83. The summed E-state index contributed by atoms with van der Waals surface area (Å²) in [4.78, 5) is 14.3. The van der Waals surface area contributed by atoms with Gasteiger partial charge in [0.25, 0.3) is 0 Å². The predicted molar refractivity (Wildman–Crippen MR) is 68.8 cm³/mol. The van der Waals surface area contributed by atoms with Gasteiger partial charge in [0.05, 0.1) is 6.04 Å². The van der Waals surface area contributed by atoms with Crippen LogP contribution in [-0.2, 0) is 4.79 Å². The fourth-order valence-electron chi connectivity index (χ4n) is 2.87. The molecule has 4 heteroatoms. The maximum atomic E-state index is 12.0. The van der Waals surface area contributed by atoms with E-state index in [1.165, 1.54) is 19.4 Å². The summed E-state index contributed by atoms with van der Waals surface area (Å²) in [6.07, 6.45) is 3.39. The molecule has 0 aliphatic carbocycles. The van der Waals surface area contributed by atoms with E-state index in [0.717, 1.165) is 26.1 Å². The third-order valence-electron chi connectivity index (χ3n) is 4.04. The van der Waals surface area contributed by atoms with Crippen molar-refractivity contribution >= 4 is 5.91 Å². The zero-order valence-corrected chi connectivity index (χ0v) is 11.0. The molecule has 0 spiro atoms. The Morgan fingerprint density at radius 3 is 2.94 bits per heavy atom. The number of hydrogen-bond acceptors (Lipinski definition) is 3. The summed E-state index contributed by atoms with van der Waals surface area (Å²) in [5, 5.41) is 6.42. The van der Waals surface area contributed by atoms with Crippen LogP contribution in [0.15, 0.2) is 0 Å². The molecule has 1 amide bonds. The van der Waals surface area contributed by atoms with Crippen molar-refractivity contribution in [3.05, 3.63) is 0 Å². The monoisotopic (exact) mass is 239 g/mol. The Balaban J connectivity index is 1.69. The fourth-order valence-corrected chi connectivity index (χ4v) is 2.87. The second-order valence-electron chi connectivity index (χ2n) is 5.80. The van der Waals surface area contributed by atoms with Crippen LogP contribution in [0.1, 0.15) is 26.2 Å². The number of amides is 1. The Bertz CT molecular complexity index is 269. The highest BCUT2D eigenvalue weighted by atomic mass is 16.2. The summed E-state index contributed by atoms with van der Waals surface area (Å²) in [6, 6.07) is 0.0397. The highest BCUT2D eigenvalue weighted by Gasteiger charge is 2.26. The Morgan fingerprint density at radius 1 is 1.47 bits per heavy atom. The van der Waals surface area contributed by atoms with Gasteiger partial charge in [0, 0.05) is 13.1 Å². The van der Waals surface area contributed by atoms with Crippen molar-refractivity contribution in [2.75, 3.05) is 33.2 Å². The van der Waals surface area contributed by atoms with Gasteiger partial charge in [-0.2, -0.15) is 0 Å². The molecule has 0 aromatic heterocycles. The van der Waals surface area contributed by atoms with E-state index in [4.69, 9.17) is 0 Å². The Kier molecular flexibility index (Phi) is 4.40. The molecular weight excluding hydrogens is 214 g/mol. The molecule has 0 aromatic carbocycles. The number of hydrogen-bond donors (Lipinski definition) is 2. The van der Waals surface area contributed by atoms with E-state index in [1.807, 2.05) is 0 Å².